The summed E-state index contributed by atoms with van der Waals surface area (Å²) >= 11 is 0. The van der Waals surface area contributed by atoms with Crippen molar-refractivity contribution in [2.75, 3.05) is 6.54 Å². The molecule has 1 rings (SSSR count). The van der Waals surface area contributed by atoms with Gasteiger partial charge in [0, 0.05) is 6.54 Å². The highest BCUT2D eigenvalue weighted by molar-refractivity contribution is 4.89. The van der Waals surface area contributed by atoms with Gasteiger partial charge in [-0.25, -0.2) is 0 Å². The molecule has 1 fully saturated rings. The number of hydrogen-bond acceptors (Lipinski definition) is 1. The molecule has 1 atom stereocenters. The van der Waals surface area contributed by atoms with E-state index in [9.17, 15) is 13.2 Å². The minimum Gasteiger partial charge on any atom is -0.330 e. The molecule has 0 saturated heterocycles. The van der Waals surface area contributed by atoms with Gasteiger partial charge in [0.05, 0.1) is 5.92 Å². The molecule has 0 aromatic rings. The van der Waals surface area contributed by atoms with Crippen LogP contribution in [0.1, 0.15) is 39.0 Å². The first-order chi connectivity index (χ1) is 6.40. The minimum atomic E-state index is -4.14. The van der Waals surface area contributed by atoms with Crippen LogP contribution in [-0.2, 0) is 0 Å². The van der Waals surface area contributed by atoms with Gasteiger partial charge in [0.15, 0.2) is 0 Å². The third-order valence-electron chi connectivity index (χ3n) is 3.47. The van der Waals surface area contributed by atoms with Gasteiger partial charge >= 0.3 is 6.18 Å². The van der Waals surface area contributed by atoms with Crippen molar-refractivity contribution in [3.05, 3.63) is 0 Å². The predicted octanol–water partition coefficient (Wildman–Crippen LogP) is 3.09. The van der Waals surface area contributed by atoms with Crippen molar-refractivity contribution in [3.8, 4) is 0 Å². The molecular weight excluding hydrogens is 191 g/mol. The number of halogens is 3. The van der Waals surface area contributed by atoms with E-state index in [0.717, 1.165) is 19.3 Å². The zero-order chi connectivity index (χ0) is 10.8. The Morgan fingerprint density at radius 1 is 1.21 bits per heavy atom. The van der Waals surface area contributed by atoms with Crippen LogP contribution in [0.2, 0.25) is 0 Å². The predicted molar refractivity (Wildman–Crippen MR) is 49.8 cm³/mol. The van der Waals surface area contributed by atoms with Gasteiger partial charge in [-0.15, -0.1) is 0 Å². The molecule has 14 heavy (non-hydrogen) atoms. The van der Waals surface area contributed by atoms with Crippen LogP contribution >= 0.6 is 0 Å². The molecule has 0 bridgehead atoms. The Balaban J connectivity index is 2.76. The lowest BCUT2D eigenvalue weighted by Crippen LogP contribution is -2.44. The molecule has 0 aromatic heterocycles. The summed E-state index contributed by atoms with van der Waals surface area (Å²) in [7, 11) is 0. The molecule has 1 aliphatic rings. The van der Waals surface area contributed by atoms with Crippen molar-refractivity contribution in [2.24, 2.45) is 17.1 Å². The summed E-state index contributed by atoms with van der Waals surface area (Å²) in [6.07, 6.45) is 0.0560. The van der Waals surface area contributed by atoms with E-state index in [1.165, 1.54) is 0 Å². The third-order valence-corrected chi connectivity index (χ3v) is 3.47. The Hall–Kier alpha value is -0.250. The summed E-state index contributed by atoms with van der Waals surface area (Å²) in [6.45, 7) is 1.46. The zero-order valence-electron chi connectivity index (χ0n) is 8.53. The second-order valence-corrected chi connectivity index (χ2v) is 4.54. The van der Waals surface area contributed by atoms with Crippen LogP contribution in [0.4, 0.5) is 13.2 Å². The summed E-state index contributed by atoms with van der Waals surface area (Å²) in [4.78, 5) is 0. The van der Waals surface area contributed by atoms with Crippen LogP contribution in [0, 0.1) is 11.3 Å². The van der Waals surface area contributed by atoms with Crippen LogP contribution in [-0.4, -0.2) is 12.7 Å². The SMILES string of the molecule is CC1(C(CN)C(F)(F)F)CCCCC1. The molecule has 1 aliphatic carbocycles. The highest BCUT2D eigenvalue weighted by Crippen LogP contribution is 2.48. The molecule has 0 radical (unpaired) electrons. The maximum Gasteiger partial charge on any atom is 0.393 e. The lowest BCUT2D eigenvalue weighted by atomic mass is 9.67. The largest absolute Gasteiger partial charge is 0.393 e. The van der Waals surface area contributed by atoms with Gasteiger partial charge in [0.2, 0.25) is 0 Å². The number of hydrogen-bond donors (Lipinski definition) is 1. The van der Waals surface area contributed by atoms with Crippen LogP contribution in [0.3, 0.4) is 0 Å². The Morgan fingerprint density at radius 2 is 1.71 bits per heavy atom. The van der Waals surface area contributed by atoms with E-state index in [1.807, 2.05) is 0 Å². The molecule has 0 aliphatic heterocycles. The van der Waals surface area contributed by atoms with Crippen molar-refractivity contribution >= 4 is 0 Å². The van der Waals surface area contributed by atoms with Crippen LogP contribution in [0.25, 0.3) is 0 Å². The van der Waals surface area contributed by atoms with Crippen molar-refractivity contribution in [1.29, 1.82) is 0 Å². The van der Waals surface area contributed by atoms with E-state index >= 15 is 0 Å². The average Bonchev–Trinajstić information content (AvgIpc) is 2.03. The molecular formula is C10H18F3N. The summed E-state index contributed by atoms with van der Waals surface area (Å²) in [5.41, 5.74) is 4.64. The van der Waals surface area contributed by atoms with E-state index in [-0.39, 0.29) is 6.54 Å². The highest BCUT2D eigenvalue weighted by atomic mass is 19.4. The second kappa shape index (κ2) is 4.09. The first-order valence-electron chi connectivity index (χ1n) is 5.17. The van der Waals surface area contributed by atoms with Gasteiger partial charge in [0.25, 0.3) is 0 Å². The van der Waals surface area contributed by atoms with Crippen LogP contribution < -0.4 is 5.73 Å². The second-order valence-electron chi connectivity index (χ2n) is 4.54. The molecule has 1 saturated carbocycles. The average molecular weight is 209 g/mol. The molecule has 84 valence electrons. The maximum absolute atomic E-state index is 12.7. The van der Waals surface area contributed by atoms with Gasteiger partial charge in [0.1, 0.15) is 0 Å². The van der Waals surface area contributed by atoms with Crippen molar-refractivity contribution < 1.29 is 13.2 Å². The fourth-order valence-electron chi connectivity index (χ4n) is 2.52. The van der Waals surface area contributed by atoms with Crippen molar-refractivity contribution in [2.45, 2.75) is 45.2 Å². The topological polar surface area (TPSA) is 26.0 Å². The molecule has 4 heteroatoms. The molecule has 0 heterocycles. The Labute approximate surface area is 82.9 Å². The quantitative estimate of drug-likeness (QED) is 0.743. The Kier molecular flexibility index (Phi) is 3.45. The summed E-state index contributed by atoms with van der Waals surface area (Å²) in [5.74, 6) is -1.32. The van der Waals surface area contributed by atoms with Crippen molar-refractivity contribution in [3.63, 3.8) is 0 Å². The third kappa shape index (κ3) is 2.41. The van der Waals surface area contributed by atoms with Gasteiger partial charge in [-0.2, -0.15) is 13.2 Å². The number of nitrogens with two attached hydrogens (primary N) is 1. The monoisotopic (exact) mass is 209 g/mol. The smallest absolute Gasteiger partial charge is 0.330 e. The van der Waals surface area contributed by atoms with E-state index in [0.29, 0.717) is 12.8 Å². The van der Waals surface area contributed by atoms with E-state index < -0.39 is 17.5 Å². The molecule has 2 N–H and O–H groups in total. The Morgan fingerprint density at radius 3 is 2.07 bits per heavy atom. The summed E-state index contributed by atoms with van der Waals surface area (Å²) in [5, 5.41) is 0. The van der Waals surface area contributed by atoms with Crippen LogP contribution in [0.15, 0.2) is 0 Å². The normalized spacial score (nSPS) is 24.6. The van der Waals surface area contributed by atoms with Gasteiger partial charge < -0.3 is 5.73 Å². The van der Waals surface area contributed by atoms with Crippen molar-refractivity contribution in [1.82, 2.24) is 0 Å². The Bertz CT molecular complexity index is 182. The summed E-state index contributed by atoms with van der Waals surface area (Å²) in [6, 6.07) is 0. The van der Waals surface area contributed by atoms with E-state index in [4.69, 9.17) is 5.73 Å². The van der Waals surface area contributed by atoms with Gasteiger partial charge in [-0.1, -0.05) is 26.2 Å². The van der Waals surface area contributed by atoms with Crippen LogP contribution in [0.5, 0.6) is 0 Å². The molecule has 1 nitrogen and oxygen atoms in total. The molecule has 0 aromatic carbocycles. The van der Waals surface area contributed by atoms with E-state index in [1.54, 1.807) is 6.92 Å². The maximum atomic E-state index is 12.7. The highest BCUT2D eigenvalue weighted by Gasteiger charge is 2.50. The first-order valence-corrected chi connectivity index (χ1v) is 5.17. The number of rotatable bonds is 2. The molecule has 1 unspecified atom stereocenters. The minimum absolute atomic E-state index is 0.278. The lowest BCUT2D eigenvalue weighted by Gasteiger charge is -2.41. The number of alkyl halides is 3. The zero-order valence-corrected chi connectivity index (χ0v) is 8.53. The molecule has 0 amide bonds. The summed E-state index contributed by atoms with van der Waals surface area (Å²) < 4.78 is 38.0. The van der Waals surface area contributed by atoms with Gasteiger partial charge in [-0.05, 0) is 18.3 Å². The van der Waals surface area contributed by atoms with Gasteiger partial charge in [-0.3, -0.25) is 0 Å². The fraction of sp³-hybridized carbons (Fsp3) is 1.00. The molecule has 0 spiro atoms. The van der Waals surface area contributed by atoms with E-state index in [2.05, 4.69) is 0 Å². The first kappa shape index (κ1) is 11.8. The standard InChI is InChI=1S/C10H18F3N/c1-9(5-3-2-4-6-9)8(7-14)10(11,12)13/h8H,2-7,14H2,1H3. The fourth-order valence-corrected chi connectivity index (χ4v) is 2.52. The lowest BCUT2D eigenvalue weighted by molar-refractivity contribution is -0.206.